The molecule has 4 aromatic rings. The van der Waals surface area contributed by atoms with E-state index in [9.17, 15) is 0 Å². The Morgan fingerprint density at radius 2 is 2.23 bits per heavy atom. The highest BCUT2D eigenvalue weighted by Gasteiger charge is 2.09. The number of thiophene rings is 1. The lowest BCUT2D eigenvalue weighted by atomic mass is 10.3. The maximum absolute atomic E-state index is 4.66. The monoisotopic (exact) mass is 327 g/mol. The van der Waals surface area contributed by atoms with Gasteiger partial charge in [0.05, 0.1) is 10.6 Å². The van der Waals surface area contributed by atoms with Gasteiger partial charge in [0.15, 0.2) is 5.82 Å². The van der Waals surface area contributed by atoms with Gasteiger partial charge in [-0.3, -0.25) is 5.10 Å². The summed E-state index contributed by atoms with van der Waals surface area (Å²) in [5.74, 6) is 1.58. The highest BCUT2D eigenvalue weighted by atomic mass is 32.2. The van der Waals surface area contributed by atoms with Gasteiger partial charge in [-0.15, -0.1) is 16.4 Å². The highest BCUT2D eigenvalue weighted by Crippen LogP contribution is 2.25. The Morgan fingerprint density at radius 1 is 1.27 bits per heavy atom. The van der Waals surface area contributed by atoms with E-state index in [1.807, 2.05) is 29.8 Å². The van der Waals surface area contributed by atoms with Gasteiger partial charge in [0, 0.05) is 18.1 Å². The van der Waals surface area contributed by atoms with Gasteiger partial charge in [0.2, 0.25) is 5.16 Å². The Labute approximate surface area is 135 Å². The van der Waals surface area contributed by atoms with E-state index in [0.29, 0.717) is 0 Å². The molecule has 0 amide bonds. The largest absolute Gasteiger partial charge is 0.307 e. The average molecular weight is 327 g/mol. The van der Waals surface area contributed by atoms with Crippen molar-refractivity contribution >= 4 is 28.7 Å². The number of aryl methyl sites for hydroxylation is 1. The van der Waals surface area contributed by atoms with Gasteiger partial charge in [0.25, 0.3) is 0 Å². The van der Waals surface area contributed by atoms with Gasteiger partial charge < -0.3 is 4.40 Å². The highest BCUT2D eigenvalue weighted by molar-refractivity contribution is 7.98. The van der Waals surface area contributed by atoms with Crippen LogP contribution in [0.1, 0.15) is 11.3 Å². The predicted octanol–water partition coefficient (Wildman–Crippen LogP) is 3.78. The Morgan fingerprint density at radius 3 is 3.05 bits per heavy atom. The third-order valence-electron chi connectivity index (χ3n) is 3.30. The summed E-state index contributed by atoms with van der Waals surface area (Å²) in [6.45, 7) is 2.07. The van der Waals surface area contributed by atoms with Crippen molar-refractivity contribution in [2.45, 2.75) is 17.8 Å². The molecule has 0 aromatic carbocycles. The van der Waals surface area contributed by atoms with E-state index < -0.39 is 0 Å². The Hall–Kier alpha value is -2.12. The lowest BCUT2D eigenvalue weighted by Gasteiger charge is -1.94. The number of nitrogens with one attached hydrogen (secondary N) is 1. The number of nitrogens with zero attached hydrogens (tertiary/aromatic N) is 4. The van der Waals surface area contributed by atoms with Crippen molar-refractivity contribution in [2.24, 2.45) is 0 Å². The second-order valence-corrected chi connectivity index (χ2v) is 6.78. The number of fused-ring (bicyclic) bond motifs is 1. The van der Waals surface area contributed by atoms with Crippen LogP contribution >= 0.6 is 23.1 Å². The molecule has 110 valence electrons. The van der Waals surface area contributed by atoms with Crippen molar-refractivity contribution < 1.29 is 0 Å². The molecule has 0 bridgehead atoms. The van der Waals surface area contributed by atoms with Gasteiger partial charge in [0.1, 0.15) is 5.65 Å². The number of aromatic amines is 1. The molecule has 22 heavy (non-hydrogen) atoms. The first-order valence-corrected chi connectivity index (χ1v) is 8.68. The van der Waals surface area contributed by atoms with Gasteiger partial charge in [-0.05, 0) is 30.0 Å². The lowest BCUT2D eigenvalue weighted by molar-refractivity contribution is 0.972. The molecule has 0 atom stereocenters. The topological polar surface area (TPSA) is 58.9 Å². The van der Waals surface area contributed by atoms with Crippen molar-refractivity contribution in [3.05, 3.63) is 53.3 Å². The summed E-state index contributed by atoms with van der Waals surface area (Å²) in [6.07, 6.45) is 4.08. The van der Waals surface area contributed by atoms with Crippen LogP contribution in [0, 0.1) is 6.92 Å². The van der Waals surface area contributed by atoms with Crippen molar-refractivity contribution in [1.29, 1.82) is 0 Å². The smallest absolute Gasteiger partial charge is 0.209 e. The number of hydrogen-bond acceptors (Lipinski definition) is 5. The second-order valence-electron chi connectivity index (χ2n) is 4.89. The molecule has 4 heterocycles. The van der Waals surface area contributed by atoms with Crippen LogP contribution in [-0.4, -0.2) is 24.6 Å². The van der Waals surface area contributed by atoms with Crippen LogP contribution in [0.4, 0.5) is 0 Å². The summed E-state index contributed by atoms with van der Waals surface area (Å²) in [5.41, 5.74) is 3.21. The summed E-state index contributed by atoms with van der Waals surface area (Å²) in [4.78, 5) is 10.3. The van der Waals surface area contributed by atoms with Gasteiger partial charge in [-0.25, -0.2) is 9.97 Å². The second kappa shape index (κ2) is 5.58. The van der Waals surface area contributed by atoms with Crippen LogP contribution in [0.15, 0.2) is 47.2 Å². The van der Waals surface area contributed by atoms with Crippen LogP contribution in [-0.2, 0) is 5.75 Å². The van der Waals surface area contributed by atoms with E-state index in [0.717, 1.165) is 33.0 Å². The van der Waals surface area contributed by atoms with E-state index in [4.69, 9.17) is 0 Å². The van der Waals surface area contributed by atoms with Crippen molar-refractivity contribution in [3.8, 4) is 10.7 Å². The van der Waals surface area contributed by atoms with Gasteiger partial charge in [-0.1, -0.05) is 23.9 Å². The third-order valence-corrected chi connectivity index (χ3v) is 5.05. The van der Waals surface area contributed by atoms with Crippen LogP contribution in [0.3, 0.4) is 0 Å². The third kappa shape index (κ3) is 2.53. The molecular weight excluding hydrogens is 314 g/mol. The molecule has 7 heteroatoms. The maximum atomic E-state index is 4.66. The number of hydrogen-bond donors (Lipinski definition) is 1. The molecule has 1 N–H and O–H groups in total. The zero-order valence-electron chi connectivity index (χ0n) is 11.9. The van der Waals surface area contributed by atoms with Crippen molar-refractivity contribution in [3.63, 3.8) is 0 Å². The fourth-order valence-electron chi connectivity index (χ4n) is 2.25. The molecule has 0 saturated carbocycles. The summed E-state index contributed by atoms with van der Waals surface area (Å²) in [5, 5.41) is 10.0. The molecule has 0 saturated heterocycles. The molecule has 0 aliphatic rings. The molecule has 5 nitrogen and oxygen atoms in total. The molecule has 0 fully saturated rings. The Balaban J connectivity index is 1.51. The standard InChI is InChI=1S/C15H13N5S2/c1-10-4-2-6-20-8-11(16-14(10)20)9-22-15-17-13(18-19-15)12-5-3-7-21-12/h2-8H,9H2,1H3,(H,17,18,19). The number of imidazole rings is 1. The molecule has 0 spiro atoms. The predicted molar refractivity (Wildman–Crippen MR) is 89.2 cm³/mol. The molecule has 0 radical (unpaired) electrons. The number of rotatable bonds is 4. The first-order chi connectivity index (χ1) is 10.8. The van der Waals surface area contributed by atoms with Gasteiger partial charge >= 0.3 is 0 Å². The first-order valence-electron chi connectivity index (χ1n) is 6.82. The van der Waals surface area contributed by atoms with Crippen molar-refractivity contribution in [2.75, 3.05) is 0 Å². The maximum Gasteiger partial charge on any atom is 0.209 e. The first kappa shape index (κ1) is 13.5. The van der Waals surface area contributed by atoms with Crippen LogP contribution in [0.2, 0.25) is 0 Å². The summed E-state index contributed by atoms with van der Waals surface area (Å²) >= 11 is 3.24. The zero-order chi connectivity index (χ0) is 14.9. The van der Waals surface area contributed by atoms with Crippen LogP contribution in [0.5, 0.6) is 0 Å². The van der Waals surface area contributed by atoms with Gasteiger partial charge in [-0.2, -0.15) is 0 Å². The Kier molecular flexibility index (Phi) is 3.44. The van der Waals surface area contributed by atoms with Crippen molar-refractivity contribution in [1.82, 2.24) is 24.6 Å². The average Bonchev–Trinajstić information content (AvgIpc) is 3.25. The normalized spacial score (nSPS) is 11.3. The lowest BCUT2D eigenvalue weighted by Crippen LogP contribution is -1.84. The minimum Gasteiger partial charge on any atom is -0.307 e. The molecule has 4 aromatic heterocycles. The van der Waals surface area contributed by atoms with E-state index in [1.165, 1.54) is 5.56 Å². The van der Waals surface area contributed by atoms with E-state index in [2.05, 4.69) is 43.8 Å². The van der Waals surface area contributed by atoms with E-state index in [1.54, 1.807) is 23.1 Å². The quantitative estimate of drug-likeness (QED) is 0.580. The number of pyridine rings is 1. The number of thioether (sulfide) groups is 1. The van der Waals surface area contributed by atoms with E-state index >= 15 is 0 Å². The molecule has 0 aliphatic carbocycles. The van der Waals surface area contributed by atoms with Crippen LogP contribution in [0.25, 0.3) is 16.3 Å². The fourth-order valence-corrected chi connectivity index (χ4v) is 3.59. The molecule has 4 rings (SSSR count). The number of aromatic nitrogens is 5. The molecule has 0 aliphatic heterocycles. The number of H-pyrrole nitrogens is 1. The summed E-state index contributed by atoms with van der Waals surface area (Å²) in [6, 6.07) is 8.14. The summed E-state index contributed by atoms with van der Waals surface area (Å²) < 4.78 is 2.06. The SMILES string of the molecule is Cc1cccn2cc(CSc3n[nH]c(-c4cccs4)n3)nc12. The zero-order valence-corrected chi connectivity index (χ0v) is 13.5. The van der Waals surface area contributed by atoms with E-state index in [-0.39, 0.29) is 0 Å². The minimum atomic E-state index is 0.747. The fraction of sp³-hybridized carbons (Fsp3) is 0.133. The minimum absolute atomic E-state index is 0.747. The molecule has 0 unspecified atom stereocenters. The Bertz CT molecular complexity index is 907. The molecular formula is C15H13N5S2. The summed E-state index contributed by atoms with van der Waals surface area (Å²) in [7, 11) is 0. The van der Waals surface area contributed by atoms with Crippen LogP contribution < -0.4 is 0 Å².